The Morgan fingerprint density at radius 2 is 2.29 bits per heavy atom. The molecule has 0 spiro atoms. The predicted octanol–water partition coefficient (Wildman–Crippen LogP) is 2.12. The van der Waals surface area contributed by atoms with E-state index in [9.17, 15) is 4.79 Å². The number of aromatic nitrogens is 6. The molecule has 0 unspecified atom stereocenters. The van der Waals surface area contributed by atoms with Gasteiger partial charge in [0.2, 0.25) is 0 Å². The van der Waals surface area contributed by atoms with Gasteiger partial charge in [0.25, 0.3) is 0 Å². The van der Waals surface area contributed by atoms with Gasteiger partial charge in [-0.25, -0.2) is 14.9 Å². The molecule has 0 aromatic carbocycles. The quantitative estimate of drug-likeness (QED) is 0.678. The average molecular weight is 322 g/mol. The number of hydrogen-bond acceptors (Lipinski definition) is 6. The molecule has 0 fully saturated rings. The van der Waals surface area contributed by atoms with E-state index in [1.807, 2.05) is 24.4 Å². The Labute approximate surface area is 128 Å². The van der Waals surface area contributed by atoms with Crippen LogP contribution in [0.4, 0.5) is 0 Å². The van der Waals surface area contributed by atoms with Gasteiger partial charge in [-0.2, -0.15) is 5.10 Å². The fourth-order valence-corrected chi connectivity index (χ4v) is 3.34. The van der Waals surface area contributed by atoms with Gasteiger partial charge in [0.1, 0.15) is 5.82 Å². The fourth-order valence-electron chi connectivity index (χ4n) is 1.84. The van der Waals surface area contributed by atoms with Crippen LogP contribution in [0.25, 0.3) is 10.7 Å². The van der Waals surface area contributed by atoms with Crippen LogP contribution in [-0.4, -0.2) is 29.9 Å². The number of hydrogen-bond donors (Lipinski definition) is 2. The predicted molar refractivity (Wildman–Crippen MR) is 82.4 cm³/mol. The molecule has 0 atom stereocenters. The Bertz CT molecular complexity index is 757. The van der Waals surface area contributed by atoms with E-state index in [4.69, 9.17) is 0 Å². The molecule has 3 heterocycles. The summed E-state index contributed by atoms with van der Waals surface area (Å²) < 4.78 is 1.64. The number of thioether (sulfide) groups is 1. The molecule has 0 aliphatic heterocycles. The molecular formula is C12H14N6OS2. The second-order valence-electron chi connectivity index (χ2n) is 4.33. The molecule has 0 aliphatic rings. The van der Waals surface area contributed by atoms with Crippen LogP contribution in [-0.2, 0) is 12.3 Å². The van der Waals surface area contributed by atoms with Crippen molar-refractivity contribution in [3.05, 3.63) is 33.8 Å². The summed E-state index contributed by atoms with van der Waals surface area (Å²) in [6.45, 7) is 2.69. The van der Waals surface area contributed by atoms with Gasteiger partial charge < -0.3 is 0 Å². The van der Waals surface area contributed by atoms with Crippen LogP contribution >= 0.6 is 23.1 Å². The minimum atomic E-state index is -0.170. The van der Waals surface area contributed by atoms with Crippen LogP contribution in [0, 0.1) is 0 Å². The van der Waals surface area contributed by atoms with Gasteiger partial charge in [-0.3, -0.25) is 9.67 Å². The van der Waals surface area contributed by atoms with Crippen LogP contribution < -0.4 is 5.69 Å². The van der Waals surface area contributed by atoms with E-state index in [2.05, 4.69) is 25.4 Å². The van der Waals surface area contributed by atoms with Crippen molar-refractivity contribution < 1.29 is 0 Å². The summed E-state index contributed by atoms with van der Waals surface area (Å²) >= 11 is 3.06. The molecule has 9 heteroatoms. The zero-order valence-electron chi connectivity index (χ0n) is 11.4. The molecule has 21 heavy (non-hydrogen) atoms. The Balaban J connectivity index is 1.70. The van der Waals surface area contributed by atoms with Crippen LogP contribution in [0.15, 0.2) is 27.5 Å². The highest BCUT2D eigenvalue weighted by molar-refractivity contribution is 7.98. The molecule has 0 saturated carbocycles. The lowest BCUT2D eigenvalue weighted by atomic mass is 10.4. The van der Waals surface area contributed by atoms with E-state index in [-0.39, 0.29) is 5.69 Å². The van der Waals surface area contributed by atoms with E-state index in [0.717, 1.165) is 17.1 Å². The van der Waals surface area contributed by atoms with Crippen molar-refractivity contribution in [2.45, 2.75) is 30.8 Å². The topological polar surface area (TPSA) is 92.2 Å². The van der Waals surface area contributed by atoms with Crippen molar-refractivity contribution in [1.82, 2.24) is 29.9 Å². The molecule has 0 radical (unpaired) electrons. The van der Waals surface area contributed by atoms with Crippen LogP contribution in [0.3, 0.4) is 0 Å². The average Bonchev–Trinajstić information content (AvgIpc) is 3.19. The van der Waals surface area contributed by atoms with Gasteiger partial charge in [-0.15, -0.1) is 16.4 Å². The summed E-state index contributed by atoms with van der Waals surface area (Å²) in [4.78, 5) is 17.1. The zero-order valence-corrected chi connectivity index (χ0v) is 13.0. The third-order valence-corrected chi connectivity index (χ3v) is 4.64. The van der Waals surface area contributed by atoms with E-state index >= 15 is 0 Å². The molecule has 0 amide bonds. The number of rotatable bonds is 6. The number of thiophene rings is 1. The molecule has 110 valence electrons. The molecule has 3 rings (SSSR count). The fraction of sp³-hybridized carbons (Fsp3) is 0.333. The summed E-state index contributed by atoms with van der Waals surface area (Å²) in [6, 6.07) is 3.95. The lowest BCUT2D eigenvalue weighted by Gasteiger charge is -2.01. The van der Waals surface area contributed by atoms with Gasteiger partial charge in [-0.05, 0) is 17.9 Å². The minimum absolute atomic E-state index is 0.170. The molecule has 0 bridgehead atoms. The minimum Gasteiger partial charge on any atom is -0.270 e. The molecule has 0 aliphatic carbocycles. The highest BCUT2D eigenvalue weighted by Gasteiger charge is 2.11. The van der Waals surface area contributed by atoms with E-state index in [1.165, 1.54) is 11.8 Å². The first-order valence-corrected chi connectivity index (χ1v) is 8.37. The molecular weight excluding hydrogens is 308 g/mol. The van der Waals surface area contributed by atoms with Crippen LogP contribution in [0.5, 0.6) is 0 Å². The molecule has 3 aromatic heterocycles. The summed E-state index contributed by atoms with van der Waals surface area (Å²) in [5, 5.41) is 16.3. The zero-order chi connectivity index (χ0) is 14.7. The lowest BCUT2D eigenvalue weighted by molar-refractivity contribution is 0.603. The van der Waals surface area contributed by atoms with E-state index in [0.29, 0.717) is 23.3 Å². The van der Waals surface area contributed by atoms with Gasteiger partial charge in [0.05, 0.1) is 10.6 Å². The third-order valence-electron chi connectivity index (χ3n) is 2.78. The standard InChI is InChI=1S/C12H14N6OS2/c1-2-5-18-11(19)16-17-12(18)21-7-9-13-10(15-14-9)8-4-3-6-20-8/h3-4,6H,2,5,7H2,1H3,(H,16,19)(H,13,14,15). The lowest BCUT2D eigenvalue weighted by Crippen LogP contribution is -2.17. The summed E-state index contributed by atoms with van der Waals surface area (Å²) in [5.41, 5.74) is -0.170. The van der Waals surface area contributed by atoms with Crippen molar-refractivity contribution >= 4 is 23.1 Å². The van der Waals surface area contributed by atoms with Crippen molar-refractivity contribution in [2.75, 3.05) is 0 Å². The van der Waals surface area contributed by atoms with Crippen LogP contribution in [0.1, 0.15) is 19.2 Å². The number of nitrogens with zero attached hydrogens (tertiary/aromatic N) is 4. The molecule has 3 aromatic rings. The maximum Gasteiger partial charge on any atom is 0.343 e. The van der Waals surface area contributed by atoms with Gasteiger partial charge in [0.15, 0.2) is 11.0 Å². The van der Waals surface area contributed by atoms with E-state index < -0.39 is 0 Å². The Morgan fingerprint density at radius 3 is 3.05 bits per heavy atom. The molecule has 7 nitrogen and oxygen atoms in total. The van der Waals surface area contributed by atoms with Crippen molar-refractivity contribution in [3.8, 4) is 10.7 Å². The third kappa shape index (κ3) is 3.08. The maximum atomic E-state index is 11.6. The van der Waals surface area contributed by atoms with Crippen molar-refractivity contribution in [3.63, 3.8) is 0 Å². The Morgan fingerprint density at radius 1 is 1.38 bits per heavy atom. The SMILES string of the molecule is CCCn1c(SCc2nc(-c3cccs3)n[nH]2)n[nH]c1=O. The Hall–Kier alpha value is -1.87. The first kappa shape index (κ1) is 14.1. The largest absolute Gasteiger partial charge is 0.343 e. The monoisotopic (exact) mass is 322 g/mol. The summed E-state index contributed by atoms with van der Waals surface area (Å²) in [6.07, 6.45) is 0.887. The highest BCUT2D eigenvalue weighted by Crippen LogP contribution is 2.23. The Kier molecular flexibility index (Phi) is 4.20. The van der Waals surface area contributed by atoms with Crippen LogP contribution in [0.2, 0.25) is 0 Å². The molecule has 2 N–H and O–H groups in total. The van der Waals surface area contributed by atoms with Crippen molar-refractivity contribution in [1.29, 1.82) is 0 Å². The van der Waals surface area contributed by atoms with Gasteiger partial charge >= 0.3 is 5.69 Å². The summed E-state index contributed by atoms with van der Waals surface area (Å²) in [7, 11) is 0. The van der Waals surface area contributed by atoms with Crippen molar-refractivity contribution in [2.24, 2.45) is 0 Å². The summed E-state index contributed by atoms with van der Waals surface area (Å²) in [5.74, 6) is 2.06. The second kappa shape index (κ2) is 6.27. The number of nitrogens with one attached hydrogen (secondary N) is 2. The number of aromatic amines is 2. The van der Waals surface area contributed by atoms with Gasteiger partial charge in [0, 0.05) is 6.54 Å². The van der Waals surface area contributed by atoms with E-state index in [1.54, 1.807) is 15.9 Å². The highest BCUT2D eigenvalue weighted by atomic mass is 32.2. The first-order valence-electron chi connectivity index (χ1n) is 6.51. The first-order chi connectivity index (χ1) is 10.3. The number of H-pyrrole nitrogens is 2. The van der Waals surface area contributed by atoms with Gasteiger partial charge in [-0.1, -0.05) is 24.8 Å². The molecule has 0 saturated heterocycles. The smallest absolute Gasteiger partial charge is 0.270 e. The maximum absolute atomic E-state index is 11.6. The normalized spacial score (nSPS) is 11.1. The second-order valence-corrected chi connectivity index (χ2v) is 6.22.